The molecule has 1 rings (SSSR count). The van der Waals surface area contributed by atoms with Gasteiger partial charge in [-0.25, -0.2) is 0 Å². The van der Waals surface area contributed by atoms with Crippen molar-refractivity contribution >= 4 is 5.91 Å². The molecule has 0 spiro atoms. The smallest absolute Gasteiger partial charge is 0.234 e. The molecule has 0 radical (unpaired) electrons. The van der Waals surface area contributed by atoms with Gasteiger partial charge in [0, 0.05) is 19.6 Å². The van der Waals surface area contributed by atoms with Crippen LogP contribution in [0.5, 0.6) is 0 Å². The van der Waals surface area contributed by atoms with Gasteiger partial charge in [0.1, 0.15) is 0 Å². The van der Waals surface area contributed by atoms with Crippen LogP contribution < -0.4 is 5.32 Å². The predicted octanol–water partition coefficient (Wildman–Crippen LogP) is 0.125. The fourth-order valence-electron chi connectivity index (χ4n) is 1.93. The van der Waals surface area contributed by atoms with Crippen molar-refractivity contribution in [2.75, 3.05) is 26.2 Å². The van der Waals surface area contributed by atoms with Crippen LogP contribution >= 0.6 is 0 Å². The molecule has 1 saturated heterocycles. The number of rotatable bonds is 4. The summed E-state index contributed by atoms with van der Waals surface area (Å²) in [5.41, 5.74) is 0. The summed E-state index contributed by atoms with van der Waals surface area (Å²) < 4.78 is 5.58. The second-order valence-electron chi connectivity index (χ2n) is 4.21. The highest BCUT2D eigenvalue weighted by molar-refractivity contribution is 5.78. The van der Waals surface area contributed by atoms with Gasteiger partial charge in [-0.15, -0.1) is 0 Å². The zero-order valence-corrected chi connectivity index (χ0v) is 9.90. The van der Waals surface area contributed by atoms with Crippen LogP contribution in [-0.2, 0) is 9.53 Å². The molecule has 1 aliphatic rings. The van der Waals surface area contributed by atoms with E-state index in [1.165, 1.54) is 0 Å². The van der Waals surface area contributed by atoms with E-state index in [9.17, 15) is 4.79 Å². The number of nitrogens with zero attached hydrogens (tertiary/aromatic N) is 2. The van der Waals surface area contributed by atoms with E-state index >= 15 is 0 Å². The van der Waals surface area contributed by atoms with E-state index in [2.05, 4.69) is 10.2 Å². The first kappa shape index (κ1) is 12.9. The summed E-state index contributed by atoms with van der Waals surface area (Å²) in [6.07, 6.45) is 0.716. The largest absolute Gasteiger partial charge is 0.373 e. The van der Waals surface area contributed by atoms with E-state index in [0.29, 0.717) is 19.5 Å². The van der Waals surface area contributed by atoms with Crippen molar-refractivity contribution in [1.29, 1.82) is 5.26 Å². The molecule has 16 heavy (non-hydrogen) atoms. The lowest BCUT2D eigenvalue weighted by atomic mass is 10.2. The Morgan fingerprint density at radius 3 is 2.69 bits per heavy atom. The summed E-state index contributed by atoms with van der Waals surface area (Å²) in [5, 5.41) is 11.1. The molecular weight excluding hydrogens is 206 g/mol. The van der Waals surface area contributed by atoms with Crippen molar-refractivity contribution in [3.63, 3.8) is 0 Å². The highest BCUT2D eigenvalue weighted by Gasteiger charge is 2.23. The molecule has 0 aliphatic carbocycles. The van der Waals surface area contributed by atoms with Crippen LogP contribution in [0.3, 0.4) is 0 Å². The van der Waals surface area contributed by atoms with E-state index in [1.54, 1.807) is 0 Å². The standard InChI is InChI=1S/C11H19N3O2/c1-9-6-14(7-10(2)16-9)8-11(15)13-5-3-4-12/h9-10H,3,5-8H2,1-2H3,(H,13,15)/t9-,10+. The maximum absolute atomic E-state index is 11.5. The lowest BCUT2D eigenvalue weighted by molar-refractivity contribution is -0.125. The van der Waals surface area contributed by atoms with Crippen molar-refractivity contribution in [2.24, 2.45) is 0 Å². The van der Waals surface area contributed by atoms with Gasteiger partial charge in [-0.05, 0) is 13.8 Å². The third-order valence-electron chi connectivity index (χ3n) is 2.42. The van der Waals surface area contributed by atoms with Gasteiger partial charge in [0.15, 0.2) is 0 Å². The Labute approximate surface area is 96.4 Å². The molecule has 1 N–H and O–H groups in total. The van der Waals surface area contributed by atoms with Crippen molar-refractivity contribution < 1.29 is 9.53 Å². The molecule has 0 aromatic heterocycles. The molecule has 90 valence electrons. The minimum Gasteiger partial charge on any atom is -0.373 e. The van der Waals surface area contributed by atoms with Crippen LogP contribution in [0.2, 0.25) is 0 Å². The predicted molar refractivity (Wildman–Crippen MR) is 59.7 cm³/mol. The number of carbonyl (C=O) groups excluding carboxylic acids is 1. The van der Waals surface area contributed by atoms with Gasteiger partial charge < -0.3 is 10.1 Å². The van der Waals surface area contributed by atoms with Crippen molar-refractivity contribution in [1.82, 2.24) is 10.2 Å². The number of ether oxygens (including phenoxy) is 1. The summed E-state index contributed by atoms with van der Waals surface area (Å²) in [5.74, 6) is -0.0171. The summed E-state index contributed by atoms with van der Waals surface area (Å²) in [6, 6.07) is 1.99. The Morgan fingerprint density at radius 1 is 1.50 bits per heavy atom. The molecule has 0 aromatic rings. The Bertz CT molecular complexity index is 265. The molecule has 0 aromatic carbocycles. The molecule has 0 saturated carbocycles. The van der Waals surface area contributed by atoms with Gasteiger partial charge >= 0.3 is 0 Å². The minimum absolute atomic E-state index is 0.0171. The third kappa shape index (κ3) is 4.60. The van der Waals surface area contributed by atoms with Gasteiger partial charge in [-0.1, -0.05) is 0 Å². The van der Waals surface area contributed by atoms with Crippen molar-refractivity contribution in [3.8, 4) is 6.07 Å². The third-order valence-corrected chi connectivity index (χ3v) is 2.42. The maximum Gasteiger partial charge on any atom is 0.234 e. The average molecular weight is 225 g/mol. The molecule has 2 atom stereocenters. The van der Waals surface area contributed by atoms with Gasteiger partial charge in [-0.2, -0.15) is 5.26 Å². The van der Waals surface area contributed by atoms with E-state index in [1.807, 2.05) is 19.9 Å². The van der Waals surface area contributed by atoms with Gasteiger partial charge in [0.05, 0.1) is 31.2 Å². The maximum atomic E-state index is 11.5. The number of nitriles is 1. The fourth-order valence-corrected chi connectivity index (χ4v) is 1.93. The van der Waals surface area contributed by atoms with Crippen LogP contribution in [-0.4, -0.2) is 49.2 Å². The van der Waals surface area contributed by atoms with Crippen LogP contribution in [0.1, 0.15) is 20.3 Å². The van der Waals surface area contributed by atoms with Crippen molar-refractivity contribution in [2.45, 2.75) is 32.5 Å². The topological polar surface area (TPSA) is 65.4 Å². The van der Waals surface area contributed by atoms with Crippen LogP contribution in [0.4, 0.5) is 0 Å². The molecule has 0 bridgehead atoms. The number of nitrogens with one attached hydrogen (secondary N) is 1. The molecule has 0 unspecified atom stereocenters. The summed E-state index contributed by atoms with van der Waals surface area (Å²) in [6.45, 7) is 6.42. The molecule has 5 heteroatoms. The number of morpholine rings is 1. The first-order valence-corrected chi connectivity index (χ1v) is 5.63. The second-order valence-corrected chi connectivity index (χ2v) is 4.21. The average Bonchev–Trinajstić information content (AvgIpc) is 2.16. The van der Waals surface area contributed by atoms with E-state index < -0.39 is 0 Å². The molecule has 1 amide bonds. The lowest BCUT2D eigenvalue weighted by Gasteiger charge is -2.34. The van der Waals surface area contributed by atoms with E-state index in [4.69, 9.17) is 10.00 Å². The van der Waals surface area contributed by atoms with Crippen LogP contribution in [0, 0.1) is 11.3 Å². The minimum atomic E-state index is -0.0171. The summed E-state index contributed by atoms with van der Waals surface area (Å²) in [4.78, 5) is 13.6. The molecular formula is C11H19N3O2. The molecule has 1 aliphatic heterocycles. The number of hydrogen-bond acceptors (Lipinski definition) is 4. The highest BCUT2D eigenvalue weighted by Crippen LogP contribution is 2.09. The number of hydrogen-bond donors (Lipinski definition) is 1. The van der Waals surface area contributed by atoms with Gasteiger partial charge in [0.2, 0.25) is 5.91 Å². The molecule has 1 heterocycles. The van der Waals surface area contributed by atoms with Gasteiger partial charge in [-0.3, -0.25) is 9.69 Å². The Kier molecular flexibility index (Phi) is 5.23. The highest BCUT2D eigenvalue weighted by atomic mass is 16.5. The summed E-state index contributed by atoms with van der Waals surface area (Å²) in [7, 11) is 0. The fraction of sp³-hybridized carbons (Fsp3) is 0.818. The first-order chi connectivity index (χ1) is 7.61. The quantitative estimate of drug-likeness (QED) is 0.690. The normalized spacial score (nSPS) is 26.1. The Balaban J connectivity index is 2.25. The number of carbonyl (C=O) groups is 1. The zero-order chi connectivity index (χ0) is 12.0. The van der Waals surface area contributed by atoms with Crippen LogP contribution in [0.25, 0.3) is 0 Å². The van der Waals surface area contributed by atoms with E-state index in [0.717, 1.165) is 13.1 Å². The molecule has 5 nitrogen and oxygen atoms in total. The van der Waals surface area contributed by atoms with Crippen molar-refractivity contribution in [3.05, 3.63) is 0 Å². The van der Waals surface area contributed by atoms with Gasteiger partial charge in [0.25, 0.3) is 0 Å². The summed E-state index contributed by atoms with van der Waals surface area (Å²) >= 11 is 0. The SMILES string of the molecule is C[C@@H]1CN(CC(=O)NCCC#N)C[C@H](C)O1. The second kappa shape index (κ2) is 6.46. The van der Waals surface area contributed by atoms with Crippen LogP contribution in [0.15, 0.2) is 0 Å². The monoisotopic (exact) mass is 225 g/mol. The van der Waals surface area contributed by atoms with E-state index in [-0.39, 0.29) is 18.1 Å². The Morgan fingerprint density at radius 2 is 2.12 bits per heavy atom. The first-order valence-electron chi connectivity index (χ1n) is 5.63. The molecule has 1 fully saturated rings. The number of amides is 1. The lowest BCUT2D eigenvalue weighted by Crippen LogP contribution is -2.49. The zero-order valence-electron chi connectivity index (χ0n) is 9.90. The Hall–Kier alpha value is -1.12.